The van der Waals surface area contributed by atoms with Gasteiger partial charge in [0.2, 0.25) is 17.6 Å². The second-order valence-corrected chi connectivity index (χ2v) is 7.89. The fourth-order valence-corrected chi connectivity index (χ4v) is 3.68. The minimum Gasteiger partial charge on any atom is -0.495 e. The zero-order valence-corrected chi connectivity index (χ0v) is 17.3. The highest BCUT2D eigenvalue weighted by Gasteiger charge is 2.36. The number of methoxy groups -OCH3 is 1. The monoisotopic (exact) mass is 411 g/mol. The third-order valence-corrected chi connectivity index (χ3v) is 5.42. The molecule has 1 amide bonds. The molecule has 0 bridgehead atoms. The Hall–Kier alpha value is -2.86. The molecule has 1 fully saturated rings. The van der Waals surface area contributed by atoms with Gasteiger partial charge in [-0.05, 0) is 29.7 Å². The molecule has 0 aliphatic carbocycles. The van der Waals surface area contributed by atoms with Gasteiger partial charge in [-0.15, -0.1) is 0 Å². The quantitative estimate of drug-likeness (QED) is 0.588. The summed E-state index contributed by atoms with van der Waals surface area (Å²) in [6.07, 6.45) is 0.295. The van der Waals surface area contributed by atoms with Gasteiger partial charge in [-0.25, -0.2) is 0 Å². The third kappa shape index (κ3) is 3.85. The van der Waals surface area contributed by atoms with Crippen LogP contribution in [-0.2, 0) is 4.79 Å². The number of halogens is 1. The lowest BCUT2D eigenvalue weighted by molar-refractivity contribution is -0.117. The van der Waals surface area contributed by atoms with Gasteiger partial charge in [0.1, 0.15) is 5.75 Å². The van der Waals surface area contributed by atoms with E-state index in [1.165, 1.54) is 5.56 Å². The number of rotatable bonds is 5. The lowest BCUT2D eigenvalue weighted by atomic mass is 10.0. The van der Waals surface area contributed by atoms with Crippen molar-refractivity contribution in [2.45, 2.75) is 32.1 Å². The molecule has 1 aliphatic heterocycles. The Morgan fingerprint density at radius 2 is 1.97 bits per heavy atom. The van der Waals surface area contributed by atoms with Crippen LogP contribution in [0, 0.1) is 0 Å². The summed E-state index contributed by atoms with van der Waals surface area (Å²) in [6.45, 7) is 4.74. The van der Waals surface area contributed by atoms with Gasteiger partial charge < -0.3 is 14.2 Å². The summed E-state index contributed by atoms with van der Waals surface area (Å²) in [7, 11) is 1.57. The average Bonchev–Trinajstić information content (AvgIpc) is 3.35. The second kappa shape index (κ2) is 7.87. The van der Waals surface area contributed by atoms with E-state index in [9.17, 15) is 4.79 Å². The number of carbonyl (C=O) groups is 1. The van der Waals surface area contributed by atoms with Crippen LogP contribution in [0.5, 0.6) is 5.75 Å². The Balaban J connectivity index is 1.55. The highest BCUT2D eigenvalue weighted by Crippen LogP contribution is 2.38. The summed E-state index contributed by atoms with van der Waals surface area (Å²) in [5.74, 6) is 1.84. The first-order valence-corrected chi connectivity index (χ1v) is 9.92. The molecule has 2 heterocycles. The molecule has 3 aromatic rings. The summed E-state index contributed by atoms with van der Waals surface area (Å²) in [5.41, 5.74) is 2.79. The normalized spacial score (nSPS) is 16.7. The van der Waals surface area contributed by atoms with Crippen molar-refractivity contribution >= 4 is 23.2 Å². The van der Waals surface area contributed by atoms with Crippen LogP contribution in [0.15, 0.2) is 47.0 Å². The van der Waals surface area contributed by atoms with E-state index in [-0.39, 0.29) is 11.8 Å². The fourth-order valence-electron chi connectivity index (χ4n) is 3.52. The van der Waals surface area contributed by atoms with Gasteiger partial charge >= 0.3 is 0 Å². The predicted octanol–water partition coefficient (Wildman–Crippen LogP) is 5.04. The Labute approximate surface area is 174 Å². The lowest BCUT2D eigenvalue weighted by Gasteiger charge is -2.19. The van der Waals surface area contributed by atoms with Crippen LogP contribution in [0.4, 0.5) is 5.69 Å². The van der Waals surface area contributed by atoms with Gasteiger partial charge in [-0.2, -0.15) is 4.98 Å². The number of amides is 1. The molecule has 7 heteroatoms. The molecule has 1 aromatic heterocycles. The Morgan fingerprint density at radius 1 is 1.21 bits per heavy atom. The van der Waals surface area contributed by atoms with Gasteiger partial charge in [0, 0.05) is 23.6 Å². The van der Waals surface area contributed by atoms with Crippen molar-refractivity contribution in [1.29, 1.82) is 0 Å². The number of hydrogen-bond donors (Lipinski definition) is 0. The first-order chi connectivity index (χ1) is 14.0. The molecule has 1 unspecified atom stereocenters. The molecule has 6 nitrogen and oxygen atoms in total. The SMILES string of the molecule is COc1ccc(Cl)cc1N1CC(c2nc(-c3ccc(C(C)C)cc3)no2)CC1=O. The molecule has 2 aromatic carbocycles. The number of anilines is 1. The van der Waals surface area contributed by atoms with Crippen molar-refractivity contribution in [3.63, 3.8) is 0 Å². The number of aromatic nitrogens is 2. The number of benzene rings is 2. The topological polar surface area (TPSA) is 68.5 Å². The average molecular weight is 412 g/mol. The zero-order chi connectivity index (χ0) is 20.5. The summed E-state index contributed by atoms with van der Waals surface area (Å²) < 4.78 is 10.9. The van der Waals surface area contributed by atoms with E-state index in [1.54, 1.807) is 30.2 Å². The van der Waals surface area contributed by atoms with Gasteiger partial charge in [-0.1, -0.05) is 54.9 Å². The number of nitrogens with zero attached hydrogens (tertiary/aromatic N) is 3. The Bertz CT molecular complexity index is 1030. The lowest BCUT2D eigenvalue weighted by Crippen LogP contribution is -2.24. The molecule has 150 valence electrons. The van der Waals surface area contributed by atoms with Crippen LogP contribution in [0.3, 0.4) is 0 Å². The van der Waals surface area contributed by atoms with Crippen LogP contribution in [0.25, 0.3) is 11.4 Å². The molecule has 0 radical (unpaired) electrons. The van der Waals surface area contributed by atoms with Gasteiger partial charge in [0.05, 0.1) is 18.7 Å². The van der Waals surface area contributed by atoms with Crippen LogP contribution < -0.4 is 9.64 Å². The van der Waals surface area contributed by atoms with Crippen LogP contribution in [0.1, 0.15) is 43.6 Å². The maximum absolute atomic E-state index is 12.7. The maximum atomic E-state index is 12.7. The van der Waals surface area contributed by atoms with Gasteiger partial charge in [-0.3, -0.25) is 4.79 Å². The van der Waals surface area contributed by atoms with E-state index >= 15 is 0 Å². The van der Waals surface area contributed by atoms with Crippen molar-refractivity contribution in [3.8, 4) is 17.1 Å². The summed E-state index contributed by atoms with van der Waals surface area (Å²) in [6, 6.07) is 13.3. The first kappa shape index (κ1) is 19.5. The van der Waals surface area contributed by atoms with Crippen molar-refractivity contribution in [2.75, 3.05) is 18.6 Å². The Morgan fingerprint density at radius 3 is 2.66 bits per heavy atom. The van der Waals surface area contributed by atoms with Crippen molar-refractivity contribution < 1.29 is 14.1 Å². The molecule has 1 atom stereocenters. The van der Waals surface area contributed by atoms with E-state index in [2.05, 4.69) is 36.1 Å². The molecule has 4 rings (SSSR count). The van der Waals surface area contributed by atoms with Crippen LogP contribution in [-0.4, -0.2) is 29.7 Å². The maximum Gasteiger partial charge on any atom is 0.232 e. The fraction of sp³-hybridized carbons (Fsp3) is 0.318. The summed E-state index contributed by atoms with van der Waals surface area (Å²) >= 11 is 6.12. The van der Waals surface area contributed by atoms with Crippen LogP contribution >= 0.6 is 11.6 Å². The van der Waals surface area contributed by atoms with E-state index in [0.29, 0.717) is 47.1 Å². The molecule has 0 spiro atoms. The molecular weight excluding hydrogens is 390 g/mol. The predicted molar refractivity (Wildman–Crippen MR) is 112 cm³/mol. The van der Waals surface area contributed by atoms with E-state index in [4.69, 9.17) is 20.9 Å². The number of ether oxygens (including phenoxy) is 1. The number of carbonyl (C=O) groups excluding carboxylic acids is 1. The van der Waals surface area contributed by atoms with Crippen molar-refractivity contribution in [2.24, 2.45) is 0 Å². The van der Waals surface area contributed by atoms with E-state index in [0.717, 1.165) is 5.56 Å². The first-order valence-electron chi connectivity index (χ1n) is 9.54. The molecular formula is C22H22ClN3O3. The minimum absolute atomic E-state index is 0.0309. The zero-order valence-electron chi connectivity index (χ0n) is 16.6. The molecule has 1 aliphatic rings. The standard InChI is InChI=1S/C22H22ClN3O3/c1-13(2)14-4-6-15(7-5-14)21-24-22(29-25-21)16-10-20(27)26(12-16)18-11-17(23)8-9-19(18)28-3/h4-9,11,13,16H,10,12H2,1-3H3. The highest BCUT2D eigenvalue weighted by atomic mass is 35.5. The number of hydrogen-bond acceptors (Lipinski definition) is 5. The van der Waals surface area contributed by atoms with Crippen LogP contribution in [0.2, 0.25) is 5.02 Å². The third-order valence-electron chi connectivity index (χ3n) is 5.18. The molecule has 0 saturated carbocycles. The van der Waals surface area contributed by atoms with E-state index in [1.807, 2.05) is 12.1 Å². The highest BCUT2D eigenvalue weighted by molar-refractivity contribution is 6.31. The molecule has 1 saturated heterocycles. The summed E-state index contributed by atoms with van der Waals surface area (Å²) in [4.78, 5) is 18.9. The smallest absolute Gasteiger partial charge is 0.232 e. The Kier molecular flexibility index (Phi) is 5.28. The largest absolute Gasteiger partial charge is 0.495 e. The van der Waals surface area contributed by atoms with Gasteiger partial charge in [0.25, 0.3) is 0 Å². The molecule has 29 heavy (non-hydrogen) atoms. The van der Waals surface area contributed by atoms with Gasteiger partial charge in [0.15, 0.2) is 0 Å². The van der Waals surface area contributed by atoms with E-state index < -0.39 is 0 Å². The molecule has 0 N–H and O–H groups in total. The minimum atomic E-state index is -0.178. The summed E-state index contributed by atoms with van der Waals surface area (Å²) in [5, 5.41) is 4.66. The van der Waals surface area contributed by atoms with Crippen molar-refractivity contribution in [3.05, 3.63) is 58.9 Å². The van der Waals surface area contributed by atoms with Crippen molar-refractivity contribution in [1.82, 2.24) is 10.1 Å². The second-order valence-electron chi connectivity index (χ2n) is 7.45.